The molecular formula is C54H36N2S. The van der Waals surface area contributed by atoms with Crippen LogP contribution >= 0.6 is 11.3 Å². The Labute approximate surface area is 335 Å². The molecule has 3 heteroatoms. The first-order valence-corrected chi connectivity index (χ1v) is 20.6. The molecule has 0 bridgehead atoms. The summed E-state index contributed by atoms with van der Waals surface area (Å²) in [5.74, 6) is 0.208. The van der Waals surface area contributed by atoms with Crippen LogP contribution in [0.5, 0.6) is 0 Å². The molecule has 1 aliphatic carbocycles. The van der Waals surface area contributed by atoms with Crippen molar-refractivity contribution in [2.75, 3.05) is 4.90 Å². The minimum atomic E-state index is 0.195. The molecule has 2 nitrogen and oxygen atoms in total. The van der Waals surface area contributed by atoms with Crippen LogP contribution in [-0.2, 0) is 0 Å². The van der Waals surface area contributed by atoms with E-state index in [-0.39, 0.29) is 12.0 Å². The molecule has 0 saturated carbocycles. The first-order valence-electron chi connectivity index (χ1n) is 19.7. The molecule has 2 aromatic heterocycles. The van der Waals surface area contributed by atoms with Crippen molar-refractivity contribution >= 4 is 70.3 Å². The van der Waals surface area contributed by atoms with Crippen LogP contribution in [0.2, 0.25) is 0 Å². The van der Waals surface area contributed by atoms with Crippen molar-refractivity contribution in [3.8, 4) is 27.9 Å². The van der Waals surface area contributed by atoms with Gasteiger partial charge in [-0.3, -0.25) is 0 Å². The van der Waals surface area contributed by atoms with E-state index in [1.807, 2.05) is 11.3 Å². The van der Waals surface area contributed by atoms with Crippen molar-refractivity contribution in [2.45, 2.75) is 12.0 Å². The van der Waals surface area contributed by atoms with Crippen LogP contribution in [0.25, 0.3) is 75.5 Å². The molecule has 0 amide bonds. The lowest BCUT2D eigenvalue weighted by molar-refractivity contribution is 0.747. The number of rotatable bonds is 5. The van der Waals surface area contributed by atoms with Crippen LogP contribution in [0.1, 0.15) is 17.0 Å². The van der Waals surface area contributed by atoms with Crippen molar-refractivity contribution in [1.29, 1.82) is 0 Å². The topological polar surface area (TPSA) is 8.17 Å². The molecule has 2 aliphatic rings. The Balaban J connectivity index is 0.966. The van der Waals surface area contributed by atoms with Gasteiger partial charge in [0.2, 0.25) is 0 Å². The van der Waals surface area contributed by atoms with E-state index >= 15 is 0 Å². The van der Waals surface area contributed by atoms with Gasteiger partial charge in [-0.25, -0.2) is 0 Å². The summed E-state index contributed by atoms with van der Waals surface area (Å²) >= 11 is 1.88. The van der Waals surface area contributed by atoms with E-state index in [2.05, 4.69) is 216 Å². The van der Waals surface area contributed by atoms with Gasteiger partial charge in [0, 0.05) is 53.9 Å². The minimum Gasteiger partial charge on any atom is -0.333 e. The summed E-state index contributed by atoms with van der Waals surface area (Å²) in [5.41, 5.74) is 14.9. The Hall–Kier alpha value is -6.94. The maximum Gasteiger partial charge on any atom is 0.0630 e. The Morgan fingerprint density at radius 2 is 1.05 bits per heavy atom. The van der Waals surface area contributed by atoms with E-state index in [9.17, 15) is 0 Å². The molecule has 57 heavy (non-hydrogen) atoms. The predicted octanol–water partition coefficient (Wildman–Crippen LogP) is 14.7. The third kappa shape index (κ3) is 5.16. The highest BCUT2D eigenvalue weighted by atomic mass is 32.1. The lowest BCUT2D eigenvalue weighted by atomic mass is 9.85. The average Bonchev–Trinajstić information content (AvgIpc) is 3.93. The smallest absolute Gasteiger partial charge is 0.0630 e. The fraction of sp³-hybridized carbons (Fsp3) is 0.0370. The summed E-state index contributed by atoms with van der Waals surface area (Å²) < 4.78 is 5.09. The third-order valence-corrected chi connectivity index (χ3v) is 13.3. The molecule has 0 saturated heterocycles. The van der Waals surface area contributed by atoms with Gasteiger partial charge < -0.3 is 9.47 Å². The summed E-state index contributed by atoms with van der Waals surface area (Å²) in [4.78, 5) is 2.53. The zero-order valence-electron chi connectivity index (χ0n) is 31.1. The Morgan fingerprint density at radius 1 is 0.421 bits per heavy atom. The van der Waals surface area contributed by atoms with E-state index in [1.54, 1.807) is 0 Å². The molecule has 0 N–H and O–H groups in total. The molecule has 0 fully saturated rings. The van der Waals surface area contributed by atoms with Crippen LogP contribution in [-0.4, -0.2) is 10.6 Å². The van der Waals surface area contributed by atoms with E-state index in [1.165, 1.54) is 92.3 Å². The standard InChI is InChI=1S/C54H36N2S/c1-3-11-35(12-4-1)36-19-25-42(26-20-36)56-49-17-9-7-15-43(49)45-31-37(21-27-50(45)56)38-22-28-51-46(32-38)47-33-39(23-29-52(47)55(51)41-13-5-2-6-14-41)40-24-30-54-48(34-40)44-16-8-10-18-53(44)57-54/h1-34,47,52H. The molecule has 2 unspecified atom stereocenters. The minimum absolute atomic E-state index is 0.195. The normalized spacial score (nSPS) is 16.1. The second kappa shape index (κ2) is 12.8. The summed E-state index contributed by atoms with van der Waals surface area (Å²) in [5, 5.41) is 5.20. The molecular weight excluding hydrogens is 709 g/mol. The predicted molar refractivity (Wildman–Crippen MR) is 243 cm³/mol. The molecule has 1 aliphatic heterocycles. The largest absolute Gasteiger partial charge is 0.333 e. The third-order valence-electron chi connectivity index (χ3n) is 12.1. The maximum absolute atomic E-state index is 2.53. The van der Waals surface area contributed by atoms with Gasteiger partial charge in [0.25, 0.3) is 0 Å². The number of para-hydroxylation sites is 2. The van der Waals surface area contributed by atoms with Gasteiger partial charge in [0.05, 0.1) is 17.1 Å². The Morgan fingerprint density at radius 3 is 1.91 bits per heavy atom. The number of benzene rings is 8. The summed E-state index contributed by atoms with van der Waals surface area (Å²) in [6.07, 6.45) is 7.29. The maximum atomic E-state index is 2.53. The zero-order chi connectivity index (χ0) is 37.5. The van der Waals surface area contributed by atoms with Crippen molar-refractivity contribution in [1.82, 2.24) is 4.57 Å². The van der Waals surface area contributed by atoms with E-state index < -0.39 is 0 Å². The number of aromatic nitrogens is 1. The number of fused-ring (bicyclic) bond motifs is 9. The van der Waals surface area contributed by atoms with Gasteiger partial charge in [-0.2, -0.15) is 0 Å². The first-order chi connectivity index (χ1) is 28.2. The fourth-order valence-corrected chi connectivity index (χ4v) is 10.5. The number of nitrogens with zero attached hydrogens (tertiary/aromatic N) is 2. The van der Waals surface area contributed by atoms with E-state index in [0.717, 1.165) is 5.69 Å². The number of thiophene rings is 1. The highest BCUT2D eigenvalue weighted by Crippen LogP contribution is 2.51. The average molecular weight is 745 g/mol. The van der Waals surface area contributed by atoms with Crippen molar-refractivity contribution in [3.63, 3.8) is 0 Å². The zero-order valence-corrected chi connectivity index (χ0v) is 31.9. The van der Waals surface area contributed by atoms with Gasteiger partial charge in [-0.05, 0) is 112 Å². The monoisotopic (exact) mass is 744 g/mol. The quantitative estimate of drug-likeness (QED) is 0.170. The summed E-state index contributed by atoms with van der Waals surface area (Å²) in [7, 11) is 0. The van der Waals surface area contributed by atoms with Crippen LogP contribution in [0, 0.1) is 0 Å². The van der Waals surface area contributed by atoms with Gasteiger partial charge in [0.15, 0.2) is 0 Å². The number of anilines is 2. The van der Waals surface area contributed by atoms with Gasteiger partial charge >= 0.3 is 0 Å². The van der Waals surface area contributed by atoms with Crippen LogP contribution < -0.4 is 4.90 Å². The molecule has 12 rings (SSSR count). The Kier molecular flexibility index (Phi) is 7.26. The highest BCUT2D eigenvalue weighted by molar-refractivity contribution is 7.25. The molecule has 10 aromatic rings. The van der Waals surface area contributed by atoms with Crippen LogP contribution in [0.3, 0.4) is 0 Å². The number of hydrogen-bond donors (Lipinski definition) is 0. The fourth-order valence-electron chi connectivity index (χ4n) is 9.43. The summed E-state index contributed by atoms with van der Waals surface area (Å²) in [6.45, 7) is 0. The molecule has 2 atom stereocenters. The van der Waals surface area contributed by atoms with Gasteiger partial charge in [-0.1, -0.05) is 133 Å². The second-order valence-corrected chi connectivity index (χ2v) is 16.4. The summed E-state index contributed by atoms with van der Waals surface area (Å²) in [6, 6.07) is 69.4. The Bertz CT molecular complexity index is 3240. The number of allylic oxidation sites excluding steroid dienone is 2. The van der Waals surface area contributed by atoms with Crippen LogP contribution in [0.15, 0.2) is 206 Å². The molecule has 268 valence electrons. The van der Waals surface area contributed by atoms with Gasteiger partial charge in [0.1, 0.15) is 0 Å². The van der Waals surface area contributed by atoms with Crippen molar-refractivity contribution < 1.29 is 0 Å². The van der Waals surface area contributed by atoms with Crippen molar-refractivity contribution in [3.05, 3.63) is 217 Å². The molecule has 0 spiro atoms. The SMILES string of the molecule is C1=CC2C(C=C1c1ccc3sc4ccccc4c3c1)c1cc(-c3ccc4c(c3)c3ccccc3n4-c3ccc(-c4ccccc4)cc3)ccc1N2c1ccccc1. The van der Waals surface area contributed by atoms with Crippen LogP contribution in [0.4, 0.5) is 11.4 Å². The number of hydrogen-bond acceptors (Lipinski definition) is 2. The lowest BCUT2D eigenvalue weighted by Crippen LogP contribution is -2.28. The van der Waals surface area contributed by atoms with Crippen molar-refractivity contribution in [2.24, 2.45) is 0 Å². The van der Waals surface area contributed by atoms with E-state index in [4.69, 9.17) is 0 Å². The molecule has 3 heterocycles. The molecule has 8 aromatic carbocycles. The van der Waals surface area contributed by atoms with E-state index in [0.29, 0.717) is 0 Å². The highest BCUT2D eigenvalue weighted by Gasteiger charge is 2.38. The van der Waals surface area contributed by atoms with Gasteiger partial charge in [-0.15, -0.1) is 11.3 Å². The second-order valence-electron chi connectivity index (χ2n) is 15.3. The first kappa shape index (κ1) is 32.3. The molecule has 0 radical (unpaired) electrons. The lowest BCUT2D eigenvalue weighted by Gasteiger charge is -2.29.